The van der Waals surface area contributed by atoms with E-state index in [9.17, 15) is 4.39 Å². The number of ether oxygens (including phenoxy) is 1. The SMILES string of the molecule is CCc1ncnc(N2CCC3(CC2)OCCc2cn[nH]c23)c1F. The van der Waals surface area contributed by atoms with Gasteiger partial charge in [-0.15, -0.1) is 0 Å². The fourth-order valence-corrected chi connectivity index (χ4v) is 3.66. The van der Waals surface area contributed by atoms with Crippen LogP contribution in [0.2, 0.25) is 0 Å². The molecule has 1 saturated heterocycles. The van der Waals surface area contributed by atoms with E-state index in [-0.39, 0.29) is 11.4 Å². The lowest BCUT2D eigenvalue weighted by Crippen LogP contribution is -2.47. The van der Waals surface area contributed by atoms with Crippen molar-refractivity contribution in [3.05, 3.63) is 35.3 Å². The molecule has 6 nitrogen and oxygen atoms in total. The summed E-state index contributed by atoms with van der Waals surface area (Å²) in [7, 11) is 0. The van der Waals surface area contributed by atoms with Crippen LogP contribution >= 0.6 is 0 Å². The van der Waals surface area contributed by atoms with Gasteiger partial charge in [-0.05, 0) is 31.2 Å². The van der Waals surface area contributed by atoms with Crippen molar-refractivity contribution in [3.8, 4) is 0 Å². The number of aromatic nitrogens is 4. The van der Waals surface area contributed by atoms with Crippen molar-refractivity contribution in [2.45, 2.75) is 38.2 Å². The molecule has 0 bridgehead atoms. The van der Waals surface area contributed by atoms with E-state index in [0.717, 1.165) is 25.0 Å². The predicted octanol–water partition coefficient (Wildman–Crippen LogP) is 1.97. The maximum atomic E-state index is 14.5. The Balaban J connectivity index is 1.57. The van der Waals surface area contributed by atoms with Gasteiger partial charge in [0.1, 0.15) is 11.9 Å². The number of hydrogen-bond donors (Lipinski definition) is 1. The van der Waals surface area contributed by atoms with Gasteiger partial charge in [-0.1, -0.05) is 6.92 Å². The zero-order chi connectivity index (χ0) is 15.9. The topological polar surface area (TPSA) is 66.9 Å². The molecule has 0 atom stereocenters. The van der Waals surface area contributed by atoms with Crippen LogP contribution in [0.5, 0.6) is 0 Å². The quantitative estimate of drug-likeness (QED) is 0.917. The van der Waals surface area contributed by atoms with Crippen LogP contribution in [0.3, 0.4) is 0 Å². The third-order valence-corrected chi connectivity index (χ3v) is 4.97. The number of nitrogens with zero attached hydrogens (tertiary/aromatic N) is 4. The van der Waals surface area contributed by atoms with E-state index in [1.807, 2.05) is 18.0 Å². The van der Waals surface area contributed by atoms with E-state index in [0.29, 0.717) is 37.6 Å². The van der Waals surface area contributed by atoms with Crippen molar-refractivity contribution >= 4 is 5.82 Å². The number of aromatic amines is 1. The molecule has 2 aliphatic rings. The molecule has 1 N–H and O–H groups in total. The van der Waals surface area contributed by atoms with Crippen molar-refractivity contribution < 1.29 is 9.13 Å². The average Bonchev–Trinajstić information content (AvgIpc) is 3.07. The number of aryl methyl sites for hydroxylation is 1. The van der Waals surface area contributed by atoms with Gasteiger partial charge in [0.05, 0.1) is 24.2 Å². The second-order valence-electron chi connectivity index (χ2n) is 6.16. The van der Waals surface area contributed by atoms with E-state index >= 15 is 0 Å². The summed E-state index contributed by atoms with van der Waals surface area (Å²) in [6.45, 7) is 4.02. The lowest BCUT2D eigenvalue weighted by molar-refractivity contribution is -0.0796. The molecule has 1 spiro atoms. The summed E-state index contributed by atoms with van der Waals surface area (Å²) >= 11 is 0. The van der Waals surface area contributed by atoms with Gasteiger partial charge >= 0.3 is 0 Å². The van der Waals surface area contributed by atoms with Gasteiger partial charge in [0.15, 0.2) is 11.6 Å². The summed E-state index contributed by atoms with van der Waals surface area (Å²) in [5, 5.41) is 7.28. The largest absolute Gasteiger partial charge is 0.368 e. The fourth-order valence-electron chi connectivity index (χ4n) is 3.66. The van der Waals surface area contributed by atoms with Crippen LogP contribution in [0.15, 0.2) is 12.5 Å². The lowest BCUT2D eigenvalue weighted by Gasteiger charge is -2.43. The highest BCUT2D eigenvalue weighted by molar-refractivity contribution is 5.42. The van der Waals surface area contributed by atoms with Crippen molar-refractivity contribution in [1.82, 2.24) is 20.2 Å². The molecule has 7 heteroatoms. The Kier molecular flexibility index (Phi) is 3.52. The summed E-state index contributed by atoms with van der Waals surface area (Å²) in [6.07, 6.45) is 6.41. The van der Waals surface area contributed by atoms with Crippen molar-refractivity contribution in [1.29, 1.82) is 0 Å². The molecule has 0 amide bonds. The molecule has 2 aromatic rings. The van der Waals surface area contributed by atoms with Gasteiger partial charge in [-0.25, -0.2) is 14.4 Å². The molecular weight excluding hydrogens is 297 g/mol. The van der Waals surface area contributed by atoms with Crippen LogP contribution in [-0.4, -0.2) is 39.9 Å². The predicted molar refractivity (Wildman–Crippen MR) is 82.7 cm³/mol. The number of rotatable bonds is 2. The smallest absolute Gasteiger partial charge is 0.187 e. The number of anilines is 1. The Morgan fingerprint density at radius 2 is 2.17 bits per heavy atom. The zero-order valence-corrected chi connectivity index (χ0v) is 13.2. The molecule has 1 fully saturated rings. The highest BCUT2D eigenvalue weighted by Crippen LogP contribution is 2.41. The molecule has 0 radical (unpaired) electrons. The highest BCUT2D eigenvalue weighted by atomic mass is 19.1. The molecule has 0 aromatic carbocycles. The molecule has 0 saturated carbocycles. The Labute approximate surface area is 134 Å². The molecule has 0 aliphatic carbocycles. The molecular formula is C16H20FN5O. The van der Waals surface area contributed by atoms with Gasteiger partial charge in [0.25, 0.3) is 0 Å². The fraction of sp³-hybridized carbons (Fsp3) is 0.562. The highest BCUT2D eigenvalue weighted by Gasteiger charge is 2.42. The molecule has 122 valence electrons. The Morgan fingerprint density at radius 1 is 1.35 bits per heavy atom. The van der Waals surface area contributed by atoms with Crippen LogP contribution in [0.4, 0.5) is 10.2 Å². The first kappa shape index (κ1) is 14.6. The van der Waals surface area contributed by atoms with E-state index in [4.69, 9.17) is 4.74 Å². The average molecular weight is 317 g/mol. The molecule has 4 heterocycles. The van der Waals surface area contributed by atoms with E-state index in [1.165, 1.54) is 11.9 Å². The number of halogens is 1. The Morgan fingerprint density at radius 3 is 2.96 bits per heavy atom. The van der Waals surface area contributed by atoms with Crippen LogP contribution < -0.4 is 4.90 Å². The number of fused-ring (bicyclic) bond motifs is 2. The van der Waals surface area contributed by atoms with E-state index in [1.54, 1.807) is 0 Å². The van der Waals surface area contributed by atoms with Crippen molar-refractivity contribution in [2.24, 2.45) is 0 Å². The van der Waals surface area contributed by atoms with E-state index in [2.05, 4.69) is 20.2 Å². The summed E-state index contributed by atoms with van der Waals surface area (Å²) in [5.41, 5.74) is 2.50. The molecule has 4 rings (SSSR count). The van der Waals surface area contributed by atoms with Crippen LogP contribution in [0.25, 0.3) is 0 Å². The standard InChI is InChI=1S/C16H20FN5O/c1-2-12-13(17)15(19-10-18-12)22-6-4-16(5-7-22)14-11(3-8-23-16)9-20-21-14/h9-10H,2-8H2,1H3,(H,20,21). The minimum Gasteiger partial charge on any atom is -0.368 e. The zero-order valence-electron chi connectivity index (χ0n) is 13.2. The maximum absolute atomic E-state index is 14.5. The third-order valence-electron chi connectivity index (χ3n) is 4.97. The molecule has 2 aliphatic heterocycles. The minimum absolute atomic E-state index is 0.294. The first-order valence-corrected chi connectivity index (χ1v) is 8.14. The van der Waals surface area contributed by atoms with Crippen molar-refractivity contribution in [2.75, 3.05) is 24.6 Å². The van der Waals surface area contributed by atoms with Gasteiger partial charge in [-0.3, -0.25) is 5.10 Å². The second kappa shape index (κ2) is 5.56. The third kappa shape index (κ3) is 2.30. The first-order chi connectivity index (χ1) is 11.2. The summed E-state index contributed by atoms with van der Waals surface area (Å²) in [4.78, 5) is 10.2. The van der Waals surface area contributed by atoms with Crippen LogP contribution in [0, 0.1) is 5.82 Å². The van der Waals surface area contributed by atoms with Crippen molar-refractivity contribution in [3.63, 3.8) is 0 Å². The van der Waals surface area contributed by atoms with Gasteiger partial charge in [0, 0.05) is 13.1 Å². The van der Waals surface area contributed by atoms with Gasteiger partial charge in [-0.2, -0.15) is 5.10 Å². The molecule has 2 aromatic heterocycles. The second-order valence-corrected chi connectivity index (χ2v) is 6.16. The number of nitrogens with one attached hydrogen (secondary N) is 1. The molecule has 23 heavy (non-hydrogen) atoms. The van der Waals surface area contributed by atoms with E-state index < -0.39 is 0 Å². The number of hydrogen-bond acceptors (Lipinski definition) is 5. The first-order valence-electron chi connectivity index (χ1n) is 8.14. The number of H-pyrrole nitrogens is 1. The minimum atomic E-state index is -0.308. The summed E-state index contributed by atoms with van der Waals surface area (Å²) in [5.74, 6) is 0.116. The monoisotopic (exact) mass is 317 g/mol. The Hall–Kier alpha value is -2.02. The van der Waals surface area contributed by atoms with Gasteiger partial charge < -0.3 is 9.64 Å². The Bertz CT molecular complexity index is 708. The summed E-state index contributed by atoms with van der Waals surface area (Å²) < 4.78 is 20.6. The lowest BCUT2D eigenvalue weighted by atomic mass is 9.84. The van der Waals surface area contributed by atoms with Gasteiger partial charge in [0.2, 0.25) is 0 Å². The van der Waals surface area contributed by atoms with Crippen LogP contribution in [-0.2, 0) is 23.2 Å². The van der Waals surface area contributed by atoms with Crippen LogP contribution in [0.1, 0.15) is 36.7 Å². The molecule has 0 unspecified atom stereocenters. The number of piperidine rings is 1. The summed E-state index contributed by atoms with van der Waals surface area (Å²) in [6, 6.07) is 0. The maximum Gasteiger partial charge on any atom is 0.187 e. The normalized spacial score (nSPS) is 19.8.